The van der Waals surface area contributed by atoms with Gasteiger partial charge in [-0.15, -0.1) is 0 Å². The summed E-state index contributed by atoms with van der Waals surface area (Å²) >= 11 is 0. The molecular weight excluding hydrogens is 330 g/mol. The molecule has 26 heavy (non-hydrogen) atoms. The number of hydrogen-bond donors (Lipinski definition) is 3. The number of carbonyl (C=O) groups is 1. The Morgan fingerprint density at radius 3 is 2.65 bits per heavy atom. The average molecular weight is 368 g/mol. The van der Waals surface area contributed by atoms with Crippen molar-refractivity contribution in [2.45, 2.75) is 58.9 Å². The molecular formula is C19H37N5O2. The maximum Gasteiger partial charge on any atom is 0.324 e. The number of nitrogens with one attached hydrogen (secondary N) is 3. The number of carbonyl (C=O) groups excluding carboxylic acids is 1. The lowest BCUT2D eigenvalue weighted by Gasteiger charge is -2.30. The highest BCUT2D eigenvalue weighted by Crippen LogP contribution is 2.20. The molecule has 2 aliphatic heterocycles. The zero-order valence-electron chi connectivity index (χ0n) is 16.9. The van der Waals surface area contributed by atoms with Crippen molar-refractivity contribution in [1.82, 2.24) is 21.2 Å². The van der Waals surface area contributed by atoms with Gasteiger partial charge in [0.15, 0.2) is 0 Å². The molecule has 0 radical (unpaired) electrons. The van der Waals surface area contributed by atoms with Crippen LogP contribution in [0.1, 0.15) is 52.9 Å². The Bertz CT molecular complexity index is 467. The minimum Gasteiger partial charge on any atom is -0.464 e. The molecule has 0 bridgehead atoms. The third kappa shape index (κ3) is 6.85. The molecule has 0 aromatic heterocycles. The Morgan fingerprint density at radius 2 is 2.04 bits per heavy atom. The van der Waals surface area contributed by atoms with Crippen LogP contribution in [-0.2, 0) is 9.53 Å². The first kappa shape index (κ1) is 21.1. The van der Waals surface area contributed by atoms with Gasteiger partial charge < -0.3 is 15.1 Å². The SMILES string of the molecule is CC/C(=N\NCC(C)(C)COC(=O)[C@@H]1CCCNN1)C1CCN(C)CC1. The second-order valence-electron chi connectivity index (χ2n) is 8.41. The van der Waals surface area contributed by atoms with E-state index in [0.717, 1.165) is 38.9 Å². The van der Waals surface area contributed by atoms with Crippen LogP contribution >= 0.6 is 0 Å². The van der Waals surface area contributed by atoms with Gasteiger partial charge in [-0.05, 0) is 52.2 Å². The monoisotopic (exact) mass is 367 g/mol. The Hall–Kier alpha value is -1.18. The van der Waals surface area contributed by atoms with E-state index in [2.05, 4.69) is 54.1 Å². The minimum absolute atomic E-state index is 0.160. The quantitative estimate of drug-likeness (QED) is 0.343. The predicted octanol–water partition coefficient (Wildman–Crippen LogP) is 1.51. The molecule has 0 unspecified atom stereocenters. The van der Waals surface area contributed by atoms with Crippen molar-refractivity contribution in [3.8, 4) is 0 Å². The summed E-state index contributed by atoms with van der Waals surface area (Å²) in [5.41, 5.74) is 10.4. The van der Waals surface area contributed by atoms with E-state index in [9.17, 15) is 4.79 Å². The van der Waals surface area contributed by atoms with Crippen LogP contribution in [-0.4, -0.2) is 62.5 Å². The van der Waals surface area contributed by atoms with Crippen molar-refractivity contribution in [1.29, 1.82) is 0 Å². The van der Waals surface area contributed by atoms with E-state index in [4.69, 9.17) is 4.74 Å². The topological polar surface area (TPSA) is 78.0 Å². The summed E-state index contributed by atoms with van der Waals surface area (Å²) in [5.74, 6) is 0.420. The summed E-state index contributed by atoms with van der Waals surface area (Å²) < 4.78 is 5.52. The van der Waals surface area contributed by atoms with Crippen molar-refractivity contribution in [2.24, 2.45) is 16.4 Å². The zero-order valence-corrected chi connectivity index (χ0v) is 16.9. The lowest BCUT2D eigenvalue weighted by Crippen LogP contribution is -2.51. The molecule has 7 nitrogen and oxygen atoms in total. The summed E-state index contributed by atoms with van der Waals surface area (Å²) in [5, 5.41) is 4.68. The maximum atomic E-state index is 12.1. The molecule has 2 fully saturated rings. The van der Waals surface area contributed by atoms with Crippen LogP contribution in [0.15, 0.2) is 5.10 Å². The van der Waals surface area contributed by atoms with Crippen molar-refractivity contribution >= 4 is 11.7 Å². The first-order valence-corrected chi connectivity index (χ1v) is 10.0. The van der Waals surface area contributed by atoms with Crippen LogP contribution in [0.3, 0.4) is 0 Å². The molecule has 0 aromatic rings. The molecule has 0 amide bonds. The van der Waals surface area contributed by atoms with Crippen LogP contribution in [0.5, 0.6) is 0 Å². The smallest absolute Gasteiger partial charge is 0.324 e. The van der Waals surface area contributed by atoms with E-state index in [1.165, 1.54) is 18.6 Å². The van der Waals surface area contributed by atoms with Gasteiger partial charge in [0.1, 0.15) is 6.04 Å². The summed E-state index contributed by atoms with van der Waals surface area (Å²) in [7, 11) is 2.18. The molecule has 0 aliphatic carbocycles. The number of hydrazone groups is 1. The van der Waals surface area contributed by atoms with Gasteiger partial charge in [0, 0.05) is 30.1 Å². The molecule has 0 saturated carbocycles. The van der Waals surface area contributed by atoms with E-state index in [0.29, 0.717) is 19.1 Å². The molecule has 7 heteroatoms. The van der Waals surface area contributed by atoms with Gasteiger partial charge in [-0.1, -0.05) is 20.8 Å². The van der Waals surface area contributed by atoms with Gasteiger partial charge in [0.05, 0.1) is 6.61 Å². The molecule has 2 heterocycles. The normalized spacial score (nSPS) is 23.7. The standard InChI is InChI=1S/C19H37N5O2/c1-5-16(15-8-11-24(4)12-9-15)22-21-13-19(2,3)14-26-18(25)17-7-6-10-20-23-17/h15,17,20-21,23H,5-14H2,1-4H3/b22-16+/t17-/m0/s1. The Balaban J connectivity index is 1.74. The molecule has 0 spiro atoms. The first-order chi connectivity index (χ1) is 12.4. The Kier molecular flexibility index (Phi) is 8.31. The van der Waals surface area contributed by atoms with Crippen molar-refractivity contribution in [2.75, 3.05) is 39.8 Å². The molecule has 2 saturated heterocycles. The van der Waals surface area contributed by atoms with Crippen LogP contribution in [0, 0.1) is 11.3 Å². The van der Waals surface area contributed by atoms with Gasteiger partial charge in [0.25, 0.3) is 0 Å². The van der Waals surface area contributed by atoms with Gasteiger partial charge >= 0.3 is 5.97 Å². The molecule has 1 atom stereocenters. The van der Waals surface area contributed by atoms with Crippen LogP contribution in [0.4, 0.5) is 0 Å². The minimum atomic E-state index is -0.235. The van der Waals surface area contributed by atoms with Crippen LogP contribution in [0.25, 0.3) is 0 Å². The summed E-state index contributed by atoms with van der Waals surface area (Å²) in [6.07, 6.45) is 5.17. The molecule has 0 aromatic carbocycles. The van der Waals surface area contributed by atoms with Gasteiger partial charge in [0.2, 0.25) is 0 Å². The zero-order chi connectivity index (χ0) is 19.0. The number of nitrogens with zero attached hydrogens (tertiary/aromatic N) is 2. The van der Waals surface area contributed by atoms with Gasteiger partial charge in [-0.25, -0.2) is 5.43 Å². The molecule has 2 aliphatic rings. The summed E-state index contributed by atoms with van der Waals surface area (Å²) in [6, 6.07) is -0.235. The highest BCUT2D eigenvalue weighted by atomic mass is 16.5. The number of likely N-dealkylation sites (tertiary alicyclic amines) is 1. The number of rotatable bonds is 8. The number of ether oxygens (including phenoxy) is 1. The van der Waals surface area contributed by atoms with E-state index >= 15 is 0 Å². The number of piperidine rings is 1. The van der Waals surface area contributed by atoms with Crippen LogP contribution < -0.4 is 16.3 Å². The van der Waals surface area contributed by atoms with Crippen molar-refractivity contribution < 1.29 is 9.53 Å². The third-order valence-corrected chi connectivity index (χ3v) is 5.29. The second kappa shape index (κ2) is 10.2. The van der Waals surface area contributed by atoms with Crippen LogP contribution in [0.2, 0.25) is 0 Å². The average Bonchev–Trinajstić information content (AvgIpc) is 2.65. The molecule has 150 valence electrons. The summed E-state index contributed by atoms with van der Waals surface area (Å²) in [6.45, 7) is 10.6. The van der Waals surface area contributed by atoms with E-state index in [1.807, 2.05) is 0 Å². The Labute approximate surface area is 158 Å². The Morgan fingerprint density at radius 1 is 1.31 bits per heavy atom. The largest absolute Gasteiger partial charge is 0.464 e. The summed E-state index contributed by atoms with van der Waals surface area (Å²) in [4.78, 5) is 14.5. The third-order valence-electron chi connectivity index (χ3n) is 5.29. The number of esters is 1. The van der Waals surface area contributed by atoms with Crippen molar-refractivity contribution in [3.05, 3.63) is 0 Å². The lowest BCUT2D eigenvalue weighted by molar-refractivity contribution is -0.150. The van der Waals surface area contributed by atoms with E-state index < -0.39 is 0 Å². The number of hydrazine groups is 1. The highest BCUT2D eigenvalue weighted by Gasteiger charge is 2.26. The first-order valence-electron chi connectivity index (χ1n) is 10.0. The van der Waals surface area contributed by atoms with Gasteiger partial charge in [-0.2, -0.15) is 5.10 Å². The fourth-order valence-electron chi connectivity index (χ4n) is 3.41. The fourth-order valence-corrected chi connectivity index (χ4v) is 3.41. The molecule has 3 N–H and O–H groups in total. The maximum absolute atomic E-state index is 12.1. The van der Waals surface area contributed by atoms with E-state index in [1.54, 1.807) is 0 Å². The number of hydrogen-bond acceptors (Lipinski definition) is 7. The van der Waals surface area contributed by atoms with E-state index in [-0.39, 0.29) is 17.4 Å². The van der Waals surface area contributed by atoms with Crippen molar-refractivity contribution in [3.63, 3.8) is 0 Å². The lowest BCUT2D eigenvalue weighted by atomic mass is 9.91. The predicted molar refractivity (Wildman–Crippen MR) is 105 cm³/mol. The highest BCUT2D eigenvalue weighted by molar-refractivity contribution is 5.86. The second-order valence-corrected chi connectivity index (χ2v) is 8.41. The fraction of sp³-hybridized carbons (Fsp3) is 0.895. The van der Waals surface area contributed by atoms with Gasteiger partial charge in [-0.3, -0.25) is 10.2 Å². The molecule has 2 rings (SSSR count).